The van der Waals surface area contributed by atoms with Gasteiger partial charge in [0.05, 0.1) is 17.9 Å². The Bertz CT molecular complexity index is 225. The molecular formula is C8H14N4. The molecule has 0 saturated heterocycles. The van der Waals surface area contributed by atoms with Gasteiger partial charge in [-0.25, -0.2) is 0 Å². The van der Waals surface area contributed by atoms with Gasteiger partial charge in [0.15, 0.2) is 0 Å². The molecule has 0 amide bonds. The van der Waals surface area contributed by atoms with Crippen LogP contribution in [0.2, 0.25) is 0 Å². The first-order valence-electron chi connectivity index (χ1n) is 4.49. The molecule has 4 heteroatoms. The Morgan fingerprint density at radius 1 is 1.50 bits per heavy atom. The number of nitrogens with two attached hydrogens (primary N) is 1. The highest BCUT2D eigenvalue weighted by molar-refractivity contribution is 5.01. The minimum atomic E-state index is 0.0891. The summed E-state index contributed by atoms with van der Waals surface area (Å²) in [6.07, 6.45) is 6.84. The topological polar surface area (TPSA) is 67.6 Å². The Balaban J connectivity index is 2.04. The lowest BCUT2D eigenvalue weighted by Crippen LogP contribution is -2.19. The molecule has 3 N–H and O–H groups in total. The quantitative estimate of drug-likeness (QED) is 0.688. The molecule has 12 heavy (non-hydrogen) atoms. The van der Waals surface area contributed by atoms with Crippen molar-refractivity contribution >= 4 is 0 Å². The number of aromatic amines is 1. The van der Waals surface area contributed by atoms with Crippen molar-refractivity contribution in [1.29, 1.82) is 0 Å². The van der Waals surface area contributed by atoms with E-state index in [-0.39, 0.29) is 6.04 Å². The summed E-state index contributed by atoms with van der Waals surface area (Å²) in [5.74, 6) is 0.620. The Morgan fingerprint density at radius 2 is 2.25 bits per heavy atom. The minimum absolute atomic E-state index is 0.0891. The van der Waals surface area contributed by atoms with Crippen LogP contribution in [0.25, 0.3) is 0 Å². The monoisotopic (exact) mass is 166 g/mol. The van der Waals surface area contributed by atoms with Crippen molar-refractivity contribution in [1.82, 2.24) is 15.4 Å². The maximum atomic E-state index is 6.02. The fourth-order valence-electron chi connectivity index (χ4n) is 1.93. The average Bonchev–Trinajstić information content (AvgIpc) is 2.77. The van der Waals surface area contributed by atoms with Gasteiger partial charge < -0.3 is 5.73 Å². The molecule has 1 heterocycles. The number of aromatic nitrogens is 3. The number of nitrogens with zero attached hydrogens (tertiary/aromatic N) is 2. The van der Waals surface area contributed by atoms with Gasteiger partial charge >= 0.3 is 0 Å². The van der Waals surface area contributed by atoms with Crippen molar-refractivity contribution in [3.63, 3.8) is 0 Å². The highest BCUT2D eigenvalue weighted by atomic mass is 15.3. The molecular weight excluding hydrogens is 152 g/mol. The zero-order valence-electron chi connectivity index (χ0n) is 7.03. The second-order valence-corrected chi connectivity index (χ2v) is 3.47. The summed E-state index contributed by atoms with van der Waals surface area (Å²) in [6, 6.07) is 0.0891. The summed E-state index contributed by atoms with van der Waals surface area (Å²) >= 11 is 0. The number of nitrogens with one attached hydrogen (secondary N) is 1. The van der Waals surface area contributed by atoms with Crippen molar-refractivity contribution < 1.29 is 0 Å². The molecule has 1 aliphatic rings. The van der Waals surface area contributed by atoms with Crippen LogP contribution in [-0.2, 0) is 0 Å². The number of rotatable bonds is 2. The molecule has 1 unspecified atom stereocenters. The van der Waals surface area contributed by atoms with Gasteiger partial charge in [-0.1, -0.05) is 12.8 Å². The summed E-state index contributed by atoms with van der Waals surface area (Å²) in [4.78, 5) is 0. The fourth-order valence-corrected chi connectivity index (χ4v) is 1.93. The van der Waals surface area contributed by atoms with Crippen molar-refractivity contribution in [3.8, 4) is 0 Å². The molecule has 1 fully saturated rings. The maximum absolute atomic E-state index is 6.02. The van der Waals surface area contributed by atoms with Crippen molar-refractivity contribution in [2.45, 2.75) is 31.7 Å². The van der Waals surface area contributed by atoms with E-state index in [1.54, 1.807) is 6.20 Å². The van der Waals surface area contributed by atoms with Gasteiger partial charge in [-0.3, -0.25) is 0 Å². The van der Waals surface area contributed by atoms with Crippen LogP contribution in [0.4, 0.5) is 0 Å². The van der Waals surface area contributed by atoms with Gasteiger partial charge in [0.2, 0.25) is 0 Å². The molecule has 1 atom stereocenters. The summed E-state index contributed by atoms with van der Waals surface area (Å²) in [5, 5.41) is 10.4. The molecule has 1 saturated carbocycles. The summed E-state index contributed by atoms with van der Waals surface area (Å²) in [5.41, 5.74) is 6.93. The first-order chi connectivity index (χ1) is 5.88. The van der Waals surface area contributed by atoms with Crippen LogP contribution in [0, 0.1) is 5.92 Å². The summed E-state index contributed by atoms with van der Waals surface area (Å²) < 4.78 is 0. The third-order valence-electron chi connectivity index (χ3n) is 2.68. The molecule has 1 aliphatic carbocycles. The van der Waals surface area contributed by atoms with Crippen LogP contribution < -0.4 is 5.73 Å². The van der Waals surface area contributed by atoms with E-state index in [9.17, 15) is 0 Å². The lowest BCUT2D eigenvalue weighted by atomic mass is 9.97. The van der Waals surface area contributed by atoms with Crippen LogP contribution in [0.3, 0.4) is 0 Å². The van der Waals surface area contributed by atoms with Crippen LogP contribution in [0.1, 0.15) is 37.4 Å². The Hall–Kier alpha value is -0.900. The van der Waals surface area contributed by atoms with E-state index >= 15 is 0 Å². The number of H-pyrrole nitrogens is 1. The smallest absolute Gasteiger partial charge is 0.0994 e. The Kier molecular flexibility index (Phi) is 2.08. The van der Waals surface area contributed by atoms with Gasteiger partial charge in [0.25, 0.3) is 0 Å². The molecule has 2 rings (SSSR count). The minimum Gasteiger partial charge on any atom is -0.322 e. The van der Waals surface area contributed by atoms with Gasteiger partial charge in [0.1, 0.15) is 0 Å². The van der Waals surface area contributed by atoms with Crippen LogP contribution in [-0.4, -0.2) is 15.4 Å². The SMILES string of the molecule is NC(c1cn[nH]n1)C1CCCC1. The molecule has 1 aromatic heterocycles. The van der Waals surface area contributed by atoms with E-state index in [1.807, 2.05) is 0 Å². The van der Waals surface area contributed by atoms with Crippen LogP contribution in [0.15, 0.2) is 6.20 Å². The first kappa shape index (κ1) is 7.73. The Morgan fingerprint density at radius 3 is 2.83 bits per heavy atom. The van der Waals surface area contributed by atoms with Gasteiger partial charge in [0, 0.05) is 0 Å². The van der Waals surface area contributed by atoms with E-state index in [0.717, 1.165) is 5.69 Å². The molecule has 0 spiro atoms. The van der Waals surface area contributed by atoms with E-state index < -0.39 is 0 Å². The van der Waals surface area contributed by atoms with Crippen molar-refractivity contribution in [2.24, 2.45) is 11.7 Å². The van der Waals surface area contributed by atoms with E-state index in [1.165, 1.54) is 25.7 Å². The second-order valence-electron chi connectivity index (χ2n) is 3.47. The highest BCUT2D eigenvalue weighted by Crippen LogP contribution is 2.32. The van der Waals surface area contributed by atoms with Gasteiger partial charge in [-0.2, -0.15) is 15.4 Å². The third-order valence-corrected chi connectivity index (χ3v) is 2.68. The zero-order chi connectivity index (χ0) is 8.39. The van der Waals surface area contributed by atoms with E-state index in [4.69, 9.17) is 5.73 Å². The second kappa shape index (κ2) is 3.23. The fraction of sp³-hybridized carbons (Fsp3) is 0.750. The third kappa shape index (κ3) is 1.34. The largest absolute Gasteiger partial charge is 0.322 e. The molecule has 1 aromatic rings. The van der Waals surface area contributed by atoms with E-state index in [0.29, 0.717) is 5.92 Å². The van der Waals surface area contributed by atoms with Crippen molar-refractivity contribution in [3.05, 3.63) is 11.9 Å². The lowest BCUT2D eigenvalue weighted by molar-refractivity contribution is 0.436. The van der Waals surface area contributed by atoms with Gasteiger partial charge in [-0.05, 0) is 18.8 Å². The van der Waals surface area contributed by atoms with Crippen LogP contribution in [0.5, 0.6) is 0 Å². The predicted octanol–water partition coefficient (Wildman–Crippen LogP) is 0.995. The first-order valence-corrected chi connectivity index (χ1v) is 4.49. The maximum Gasteiger partial charge on any atom is 0.0994 e. The average molecular weight is 166 g/mol. The molecule has 4 nitrogen and oxygen atoms in total. The van der Waals surface area contributed by atoms with Crippen LogP contribution >= 0.6 is 0 Å². The summed E-state index contributed by atoms with van der Waals surface area (Å²) in [7, 11) is 0. The van der Waals surface area contributed by atoms with Gasteiger partial charge in [-0.15, -0.1) is 0 Å². The van der Waals surface area contributed by atoms with E-state index in [2.05, 4.69) is 15.4 Å². The molecule has 0 aromatic carbocycles. The summed E-state index contributed by atoms with van der Waals surface area (Å²) in [6.45, 7) is 0. The Labute approximate surface area is 71.5 Å². The molecule has 66 valence electrons. The zero-order valence-corrected chi connectivity index (χ0v) is 7.03. The highest BCUT2D eigenvalue weighted by Gasteiger charge is 2.24. The normalized spacial score (nSPS) is 21.4. The molecule has 0 bridgehead atoms. The molecule has 0 radical (unpaired) electrons. The van der Waals surface area contributed by atoms with Crippen molar-refractivity contribution in [2.75, 3.05) is 0 Å². The lowest BCUT2D eigenvalue weighted by Gasteiger charge is -2.15. The number of hydrogen-bond acceptors (Lipinski definition) is 3. The standard InChI is InChI=1S/C8H14N4/c9-8(6-3-1-2-4-6)7-5-10-12-11-7/h5-6,8H,1-4,9H2,(H,10,11,12). The predicted molar refractivity (Wildman–Crippen MR) is 45.3 cm³/mol. The number of hydrogen-bond donors (Lipinski definition) is 2. The molecule has 0 aliphatic heterocycles.